The van der Waals surface area contributed by atoms with E-state index in [1.54, 1.807) is 0 Å². The minimum atomic E-state index is 0.887. The number of hydrogen-bond donors (Lipinski definition) is 1. The minimum absolute atomic E-state index is 0.887. The van der Waals surface area contributed by atoms with Crippen LogP contribution in [-0.4, -0.2) is 13.1 Å². The van der Waals surface area contributed by atoms with Gasteiger partial charge in [-0.1, -0.05) is 12.8 Å². The number of rotatable bonds is 1. The normalized spacial score (nSPS) is 48.3. The Bertz CT molecular complexity index is 111. The van der Waals surface area contributed by atoms with Gasteiger partial charge in [-0.15, -0.1) is 0 Å². The van der Waals surface area contributed by atoms with Crippen LogP contribution in [0, 0.1) is 11.8 Å². The van der Waals surface area contributed by atoms with E-state index in [0.29, 0.717) is 0 Å². The van der Waals surface area contributed by atoms with Gasteiger partial charge in [0.05, 0.1) is 0 Å². The summed E-state index contributed by atoms with van der Waals surface area (Å²) in [5, 5.41) is 3.37. The molecule has 0 aromatic rings. The third-order valence-corrected chi connectivity index (χ3v) is 3.16. The second-order valence-electron chi connectivity index (χ2n) is 3.49. The lowest BCUT2D eigenvalue weighted by Gasteiger charge is -2.40. The Kier molecular flexibility index (Phi) is 1.26. The second-order valence-corrected chi connectivity index (χ2v) is 3.49. The first kappa shape index (κ1) is 5.72. The van der Waals surface area contributed by atoms with Crippen molar-refractivity contribution in [1.82, 2.24) is 5.32 Å². The molecule has 2 rings (SSSR count). The zero-order valence-electron chi connectivity index (χ0n) is 6.06. The van der Waals surface area contributed by atoms with E-state index in [4.69, 9.17) is 0 Å². The van der Waals surface area contributed by atoms with Crippen LogP contribution in [-0.2, 0) is 0 Å². The van der Waals surface area contributed by atoms with E-state index in [2.05, 4.69) is 12.4 Å². The molecule has 52 valence electrons. The Hall–Kier alpha value is -0.0400. The topological polar surface area (TPSA) is 12.0 Å². The van der Waals surface area contributed by atoms with Crippen molar-refractivity contribution in [2.24, 2.45) is 11.8 Å². The van der Waals surface area contributed by atoms with Crippen molar-refractivity contribution in [3.63, 3.8) is 0 Å². The maximum absolute atomic E-state index is 3.37. The number of nitrogens with one attached hydrogen (secondary N) is 1. The lowest BCUT2D eigenvalue weighted by molar-refractivity contribution is 0.145. The first-order valence-corrected chi connectivity index (χ1v) is 4.09. The zero-order chi connectivity index (χ0) is 6.27. The summed E-state index contributed by atoms with van der Waals surface area (Å²) in [7, 11) is 2.10. The predicted octanol–water partition coefficient (Wildman–Crippen LogP) is 1.39. The minimum Gasteiger partial charge on any atom is -0.317 e. The maximum atomic E-state index is 3.37. The van der Waals surface area contributed by atoms with E-state index in [1.165, 1.54) is 25.7 Å². The van der Waals surface area contributed by atoms with Crippen molar-refractivity contribution in [2.45, 2.75) is 31.7 Å². The van der Waals surface area contributed by atoms with Gasteiger partial charge in [-0.3, -0.25) is 0 Å². The third kappa shape index (κ3) is 0.710. The highest BCUT2D eigenvalue weighted by molar-refractivity contribution is 4.96. The molecule has 9 heavy (non-hydrogen) atoms. The van der Waals surface area contributed by atoms with Crippen molar-refractivity contribution in [2.75, 3.05) is 7.05 Å². The fourth-order valence-corrected chi connectivity index (χ4v) is 2.52. The summed E-state index contributed by atoms with van der Waals surface area (Å²) < 4.78 is 0. The van der Waals surface area contributed by atoms with Crippen molar-refractivity contribution in [3.8, 4) is 0 Å². The molecule has 0 spiro atoms. The van der Waals surface area contributed by atoms with E-state index in [1.807, 2.05) is 0 Å². The lowest BCUT2D eigenvalue weighted by Crippen LogP contribution is -2.46. The van der Waals surface area contributed by atoms with Gasteiger partial charge in [0, 0.05) is 6.04 Å². The number of fused-ring (bicyclic) bond motifs is 1. The van der Waals surface area contributed by atoms with Crippen LogP contribution >= 0.6 is 0 Å². The molecule has 2 saturated carbocycles. The molecule has 1 heteroatoms. The van der Waals surface area contributed by atoms with E-state index < -0.39 is 0 Å². The molecule has 2 fully saturated rings. The van der Waals surface area contributed by atoms with Crippen molar-refractivity contribution in [1.29, 1.82) is 0 Å². The summed E-state index contributed by atoms with van der Waals surface area (Å²) >= 11 is 0. The van der Waals surface area contributed by atoms with E-state index in [-0.39, 0.29) is 0 Å². The van der Waals surface area contributed by atoms with Gasteiger partial charge in [0.2, 0.25) is 0 Å². The Morgan fingerprint density at radius 2 is 2.22 bits per heavy atom. The quantitative estimate of drug-likeness (QED) is 0.558. The van der Waals surface area contributed by atoms with Gasteiger partial charge >= 0.3 is 0 Å². The molecule has 1 N–H and O–H groups in total. The summed E-state index contributed by atoms with van der Waals surface area (Å²) in [6.07, 6.45) is 5.97. The maximum Gasteiger partial charge on any atom is 0.00977 e. The molecule has 3 atom stereocenters. The fourth-order valence-electron chi connectivity index (χ4n) is 2.52. The lowest BCUT2D eigenvalue weighted by atomic mass is 9.72. The Morgan fingerprint density at radius 1 is 1.33 bits per heavy atom. The van der Waals surface area contributed by atoms with Gasteiger partial charge < -0.3 is 5.32 Å². The van der Waals surface area contributed by atoms with Crippen LogP contribution in [0.1, 0.15) is 25.7 Å². The molecule has 0 radical (unpaired) electrons. The highest BCUT2D eigenvalue weighted by atomic mass is 14.9. The van der Waals surface area contributed by atoms with Gasteiger partial charge in [-0.05, 0) is 31.7 Å². The molecule has 0 bridgehead atoms. The molecule has 0 saturated heterocycles. The standard InChI is InChI=1S/C8H15N/c1-9-8-5-6-3-2-4-7(6)8/h6-9H,2-5H2,1H3/t6-,7-,8?/m0/s1. The summed E-state index contributed by atoms with van der Waals surface area (Å²) in [4.78, 5) is 0. The SMILES string of the molecule is CNC1C[C@@H]2CCC[C@H]12. The highest BCUT2D eigenvalue weighted by Crippen LogP contribution is 2.46. The van der Waals surface area contributed by atoms with Crippen molar-refractivity contribution < 1.29 is 0 Å². The molecule has 1 nitrogen and oxygen atoms in total. The van der Waals surface area contributed by atoms with Crippen LogP contribution in [0.4, 0.5) is 0 Å². The Morgan fingerprint density at radius 3 is 2.89 bits per heavy atom. The molecular formula is C8H15N. The van der Waals surface area contributed by atoms with Crippen molar-refractivity contribution in [3.05, 3.63) is 0 Å². The van der Waals surface area contributed by atoms with E-state index in [0.717, 1.165) is 17.9 Å². The van der Waals surface area contributed by atoms with Crippen molar-refractivity contribution >= 4 is 0 Å². The Balaban J connectivity index is 1.93. The molecule has 0 amide bonds. The summed E-state index contributed by atoms with van der Waals surface area (Å²) in [5.74, 6) is 2.18. The second kappa shape index (κ2) is 1.98. The monoisotopic (exact) mass is 125 g/mol. The Labute approximate surface area is 56.8 Å². The zero-order valence-corrected chi connectivity index (χ0v) is 6.06. The molecular weight excluding hydrogens is 110 g/mol. The molecule has 2 aliphatic rings. The van der Waals surface area contributed by atoms with Gasteiger partial charge in [-0.2, -0.15) is 0 Å². The predicted molar refractivity (Wildman–Crippen MR) is 38.3 cm³/mol. The average molecular weight is 125 g/mol. The smallest absolute Gasteiger partial charge is 0.00977 e. The van der Waals surface area contributed by atoms with Gasteiger partial charge in [0.25, 0.3) is 0 Å². The molecule has 0 aliphatic heterocycles. The van der Waals surface area contributed by atoms with E-state index >= 15 is 0 Å². The van der Waals surface area contributed by atoms with Crippen LogP contribution in [0.3, 0.4) is 0 Å². The van der Waals surface area contributed by atoms with Gasteiger partial charge in [-0.25, -0.2) is 0 Å². The van der Waals surface area contributed by atoms with E-state index in [9.17, 15) is 0 Å². The summed E-state index contributed by atoms with van der Waals surface area (Å²) in [6, 6.07) is 0.887. The van der Waals surface area contributed by atoms with Crippen LogP contribution in [0.15, 0.2) is 0 Å². The van der Waals surface area contributed by atoms with Crippen LogP contribution in [0.5, 0.6) is 0 Å². The largest absolute Gasteiger partial charge is 0.317 e. The molecule has 0 aromatic carbocycles. The van der Waals surface area contributed by atoms with Gasteiger partial charge in [0.1, 0.15) is 0 Å². The average Bonchev–Trinajstić information content (AvgIpc) is 2.14. The summed E-state index contributed by atoms with van der Waals surface area (Å²) in [6.45, 7) is 0. The third-order valence-electron chi connectivity index (χ3n) is 3.16. The van der Waals surface area contributed by atoms with Crippen LogP contribution in [0.2, 0.25) is 0 Å². The molecule has 0 aromatic heterocycles. The fraction of sp³-hybridized carbons (Fsp3) is 1.00. The first-order valence-electron chi connectivity index (χ1n) is 4.09. The summed E-state index contributed by atoms with van der Waals surface area (Å²) in [5.41, 5.74) is 0. The molecule has 1 unspecified atom stereocenters. The molecule has 0 heterocycles. The number of hydrogen-bond acceptors (Lipinski definition) is 1. The highest BCUT2D eigenvalue weighted by Gasteiger charge is 2.42. The first-order chi connectivity index (χ1) is 4.42. The van der Waals surface area contributed by atoms with Crippen LogP contribution in [0.25, 0.3) is 0 Å². The van der Waals surface area contributed by atoms with Crippen LogP contribution < -0.4 is 5.32 Å². The molecule has 2 aliphatic carbocycles. The van der Waals surface area contributed by atoms with Gasteiger partial charge in [0.15, 0.2) is 0 Å².